The van der Waals surface area contributed by atoms with Crippen LogP contribution in [-0.4, -0.2) is 6.29 Å². The molecule has 0 aliphatic rings. The zero-order valence-electron chi connectivity index (χ0n) is 6.27. The smallest absolute Gasteiger partial charge is 0.143 e. The first-order valence-corrected chi connectivity index (χ1v) is 2.96. The Morgan fingerprint density at radius 3 is 2.40 bits per heavy atom. The van der Waals surface area contributed by atoms with E-state index in [4.69, 9.17) is 0 Å². The van der Waals surface area contributed by atoms with E-state index in [0.29, 0.717) is 0 Å². The lowest BCUT2D eigenvalue weighted by atomic mass is 10.2. The SMILES string of the molecule is C=C(C)C#CC(C)=CC=O. The van der Waals surface area contributed by atoms with Crippen molar-refractivity contribution in [3.8, 4) is 11.8 Å². The Labute approximate surface area is 61.4 Å². The molecule has 0 aromatic carbocycles. The average Bonchev–Trinajstić information content (AvgIpc) is 1.85. The number of hydrogen-bond donors (Lipinski definition) is 0. The number of carbonyl (C=O) groups excluding carboxylic acids is 1. The van der Waals surface area contributed by atoms with Crippen molar-refractivity contribution in [2.24, 2.45) is 0 Å². The Bertz CT molecular complexity index is 223. The van der Waals surface area contributed by atoms with Gasteiger partial charge in [-0.3, -0.25) is 4.79 Å². The average molecular weight is 134 g/mol. The lowest BCUT2D eigenvalue weighted by Crippen LogP contribution is -1.70. The molecule has 52 valence electrons. The van der Waals surface area contributed by atoms with Crippen LogP contribution in [0.3, 0.4) is 0 Å². The highest BCUT2D eigenvalue weighted by atomic mass is 16.1. The van der Waals surface area contributed by atoms with Gasteiger partial charge in [0.05, 0.1) is 0 Å². The molecule has 0 aromatic rings. The summed E-state index contributed by atoms with van der Waals surface area (Å²) in [5.41, 5.74) is 1.57. The number of rotatable bonds is 1. The van der Waals surface area contributed by atoms with Crippen LogP contribution in [0.4, 0.5) is 0 Å². The topological polar surface area (TPSA) is 17.1 Å². The Kier molecular flexibility index (Phi) is 3.99. The largest absolute Gasteiger partial charge is 0.299 e. The van der Waals surface area contributed by atoms with Gasteiger partial charge in [0.25, 0.3) is 0 Å². The van der Waals surface area contributed by atoms with Crippen molar-refractivity contribution in [3.63, 3.8) is 0 Å². The van der Waals surface area contributed by atoms with Crippen LogP contribution in [0.25, 0.3) is 0 Å². The van der Waals surface area contributed by atoms with Crippen molar-refractivity contribution >= 4 is 6.29 Å². The molecule has 0 radical (unpaired) electrons. The van der Waals surface area contributed by atoms with Gasteiger partial charge in [-0.1, -0.05) is 18.4 Å². The first-order chi connectivity index (χ1) is 4.66. The molecule has 0 saturated carbocycles. The Morgan fingerprint density at radius 1 is 1.40 bits per heavy atom. The second kappa shape index (κ2) is 4.58. The summed E-state index contributed by atoms with van der Waals surface area (Å²) in [4.78, 5) is 9.89. The van der Waals surface area contributed by atoms with Gasteiger partial charge in [-0.05, 0) is 25.5 Å². The first kappa shape index (κ1) is 8.71. The highest BCUT2D eigenvalue weighted by Gasteiger charge is 1.77. The minimum atomic E-state index is 0.725. The quantitative estimate of drug-likeness (QED) is 0.303. The van der Waals surface area contributed by atoms with E-state index in [9.17, 15) is 4.79 Å². The third kappa shape index (κ3) is 4.86. The van der Waals surface area contributed by atoms with Crippen molar-refractivity contribution in [1.82, 2.24) is 0 Å². The van der Waals surface area contributed by atoms with Crippen molar-refractivity contribution in [2.45, 2.75) is 13.8 Å². The third-order valence-corrected chi connectivity index (χ3v) is 0.791. The van der Waals surface area contributed by atoms with Gasteiger partial charge >= 0.3 is 0 Å². The molecule has 0 saturated heterocycles. The van der Waals surface area contributed by atoms with Crippen LogP contribution in [0.2, 0.25) is 0 Å². The van der Waals surface area contributed by atoms with Crippen molar-refractivity contribution in [1.29, 1.82) is 0 Å². The molecule has 0 rings (SSSR count). The van der Waals surface area contributed by atoms with E-state index in [1.807, 2.05) is 6.92 Å². The monoisotopic (exact) mass is 134 g/mol. The zero-order valence-corrected chi connectivity index (χ0v) is 6.27. The van der Waals surface area contributed by atoms with E-state index in [1.165, 1.54) is 6.08 Å². The predicted molar refractivity (Wildman–Crippen MR) is 42.4 cm³/mol. The van der Waals surface area contributed by atoms with E-state index in [2.05, 4.69) is 18.4 Å². The minimum Gasteiger partial charge on any atom is -0.299 e. The van der Waals surface area contributed by atoms with Crippen molar-refractivity contribution in [2.75, 3.05) is 0 Å². The van der Waals surface area contributed by atoms with Gasteiger partial charge in [-0.15, -0.1) is 0 Å². The molecule has 0 amide bonds. The Balaban J connectivity index is 4.17. The summed E-state index contributed by atoms with van der Waals surface area (Å²) in [6.07, 6.45) is 2.15. The van der Waals surface area contributed by atoms with Crippen LogP contribution < -0.4 is 0 Å². The van der Waals surface area contributed by atoms with E-state index >= 15 is 0 Å². The molecular formula is C9H10O. The second-order valence-electron chi connectivity index (χ2n) is 2.02. The lowest BCUT2D eigenvalue weighted by Gasteiger charge is -1.80. The van der Waals surface area contributed by atoms with Crippen LogP contribution in [0, 0.1) is 11.8 Å². The summed E-state index contributed by atoms with van der Waals surface area (Å²) in [6, 6.07) is 0. The maximum atomic E-state index is 9.89. The highest BCUT2D eigenvalue weighted by molar-refractivity contribution is 5.67. The molecule has 0 fully saturated rings. The molecule has 10 heavy (non-hydrogen) atoms. The summed E-state index contributed by atoms with van der Waals surface area (Å²) in [6.45, 7) is 7.20. The van der Waals surface area contributed by atoms with Crippen LogP contribution in [0.15, 0.2) is 23.8 Å². The summed E-state index contributed by atoms with van der Waals surface area (Å²) in [7, 11) is 0. The highest BCUT2D eigenvalue weighted by Crippen LogP contribution is 1.88. The van der Waals surface area contributed by atoms with E-state index in [-0.39, 0.29) is 0 Å². The van der Waals surface area contributed by atoms with Crippen molar-refractivity contribution < 1.29 is 4.79 Å². The van der Waals surface area contributed by atoms with Gasteiger partial charge in [0.2, 0.25) is 0 Å². The van der Waals surface area contributed by atoms with Crippen LogP contribution in [0.5, 0.6) is 0 Å². The summed E-state index contributed by atoms with van der Waals surface area (Å²) >= 11 is 0. The molecule has 0 aromatic heterocycles. The molecule has 1 nitrogen and oxygen atoms in total. The standard InChI is InChI=1S/C9H10O/c1-8(2)4-5-9(3)6-7-10/h6-7H,1H2,2-3H3. The second-order valence-corrected chi connectivity index (χ2v) is 2.02. The third-order valence-electron chi connectivity index (χ3n) is 0.791. The summed E-state index contributed by atoms with van der Waals surface area (Å²) in [5.74, 6) is 5.52. The maximum absolute atomic E-state index is 9.89. The number of carbonyl (C=O) groups is 1. The predicted octanol–water partition coefficient (Wildman–Crippen LogP) is 1.71. The van der Waals surface area contributed by atoms with Crippen molar-refractivity contribution in [3.05, 3.63) is 23.8 Å². The molecule has 0 unspecified atom stereocenters. The zero-order chi connectivity index (χ0) is 7.98. The summed E-state index contributed by atoms with van der Waals surface area (Å²) < 4.78 is 0. The Hall–Kier alpha value is -1.29. The number of hydrogen-bond acceptors (Lipinski definition) is 1. The van der Waals surface area contributed by atoms with Gasteiger partial charge in [-0.2, -0.15) is 0 Å². The van der Waals surface area contributed by atoms with Crippen LogP contribution >= 0.6 is 0 Å². The number of aldehydes is 1. The molecule has 0 bridgehead atoms. The molecule has 0 aliphatic carbocycles. The minimum absolute atomic E-state index is 0.725. The molecule has 0 N–H and O–H groups in total. The van der Waals surface area contributed by atoms with Gasteiger partial charge in [0.15, 0.2) is 0 Å². The fourth-order valence-electron chi connectivity index (χ4n) is 0.349. The van der Waals surface area contributed by atoms with Gasteiger partial charge in [0.1, 0.15) is 6.29 Å². The first-order valence-electron chi connectivity index (χ1n) is 2.96. The van der Waals surface area contributed by atoms with Crippen LogP contribution in [-0.2, 0) is 4.79 Å². The lowest BCUT2D eigenvalue weighted by molar-refractivity contribution is -0.104. The molecule has 0 atom stereocenters. The molecule has 0 aliphatic heterocycles. The van der Waals surface area contributed by atoms with E-state index in [1.54, 1.807) is 6.92 Å². The molecule has 0 spiro atoms. The van der Waals surface area contributed by atoms with E-state index in [0.717, 1.165) is 17.4 Å². The normalized spacial score (nSPS) is 9.60. The molecular weight excluding hydrogens is 124 g/mol. The molecule has 1 heteroatoms. The van der Waals surface area contributed by atoms with Crippen LogP contribution in [0.1, 0.15) is 13.8 Å². The van der Waals surface area contributed by atoms with Gasteiger partial charge in [0, 0.05) is 5.57 Å². The summed E-state index contributed by atoms with van der Waals surface area (Å²) in [5, 5.41) is 0. The molecule has 0 heterocycles. The van der Waals surface area contributed by atoms with E-state index < -0.39 is 0 Å². The maximum Gasteiger partial charge on any atom is 0.143 e. The Morgan fingerprint density at radius 2 is 2.00 bits per heavy atom. The van der Waals surface area contributed by atoms with Gasteiger partial charge < -0.3 is 0 Å². The number of allylic oxidation sites excluding steroid dienone is 3. The fraction of sp³-hybridized carbons (Fsp3) is 0.222. The van der Waals surface area contributed by atoms with Gasteiger partial charge in [-0.25, -0.2) is 0 Å². The fourth-order valence-corrected chi connectivity index (χ4v) is 0.349.